The Labute approximate surface area is 162 Å². The molecule has 3 heterocycles. The van der Waals surface area contributed by atoms with Gasteiger partial charge in [-0.15, -0.1) is 10.2 Å². The lowest BCUT2D eigenvalue weighted by Gasteiger charge is -2.22. The third-order valence-corrected chi connectivity index (χ3v) is 5.45. The number of hydrogen-bond donors (Lipinski definition) is 0. The lowest BCUT2D eigenvalue weighted by Crippen LogP contribution is -2.29. The zero-order chi connectivity index (χ0) is 19.3. The smallest absolute Gasteiger partial charge is 0.297 e. The van der Waals surface area contributed by atoms with Gasteiger partial charge >= 0.3 is 0 Å². The van der Waals surface area contributed by atoms with E-state index < -0.39 is 11.9 Å². The molecular formula is C20H13N3O4S. The number of fused-ring (bicyclic) bond motifs is 2. The number of carbonyl (C=O) groups excluding carboxylic acids is 1. The SMILES string of the molecule is COc1ccc(C2c3c(oc4ccccc4c3=O)C(=O)N2c2nncs2)cc1. The molecule has 2 aromatic carbocycles. The molecule has 0 bridgehead atoms. The first-order chi connectivity index (χ1) is 13.7. The van der Waals surface area contributed by atoms with Crippen LogP contribution in [0.3, 0.4) is 0 Å². The maximum Gasteiger partial charge on any atom is 0.297 e. The van der Waals surface area contributed by atoms with Crippen molar-refractivity contribution in [2.75, 3.05) is 12.0 Å². The van der Waals surface area contributed by atoms with Crippen molar-refractivity contribution < 1.29 is 13.9 Å². The first kappa shape index (κ1) is 16.6. The Morgan fingerprint density at radius 1 is 1.11 bits per heavy atom. The third kappa shape index (κ3) is 2.35. The Kier molecular flexibility index (Phi) is 3.73. The second-order valence-corrected chi connectivity index (χ2v) is 7.05. The van der Waals surface area contributed by atoms with Crippen LogP contribution in [-0.4, -0.2) is 23.2 Å². The highest BCUT2D eigenvalue weighted by molar-refractivity contribution is 7.13. The molecular weight excluding hydrogens is 378 g/mol. The average molecular weight is 391 g/mol. The molecule has 4 aromatic rings. The number of benzene rings is 2. The number of rotatable bonds is 3. The summed E-state index contributed by atoms with van der Waals surface area (Å²) >= 11 is 1.23. The van der Waals surface area contributed by atoms with Crippen LogP contribution in [0.5, 0.6) is 5.75 Å². The van der Waals surface area contributed by atoms with Crippen molar-refractivity contribution in [3.05, 3.63) is 81.2 Å². The van der Waals surface area contributed by atoms with Gasteiger partial charge in [-0.3, -0.25) is 14.5 Å². The molecule has 7 nitrogen and oxygen atoms in total. The maximum atomic E-state index is 13.3. The van der Waals surface area contributed by atoms with Crippen LogP contribution in [0.15, 0.2) is 63.3 Å². The fraction of sp³-hybridized carbons (Fsp3) is 0.100. The molecule has 2 aromatic heterocycles. The van der Waals surface area contributed by atoms with Gasteiger partial charge in [-0.05, 0) is 29.8 Å². The number of methoxy groups -OCH3 is 1. The normalized spacial score (nSPS) is 15.8. The zero-order valence-corrected chi connectivity index (χ0v) is 15.5. The number of para-hydroxylation sites is 1. The lowest BCUT2D eigenvalue weighted by molar-refractivity contribution is 0.0970. The van der Waals surface area contributed by atoms with Crippen molar-refractivity contribution in [2.45, 2.75) is 6.04 Å². The highest BCUT2D eigenvalue weighted by Gasteiger charge is 2.44. The van der Waals surface area contributed by atoms with Gasteiger partial charge in [0.05, 0.1) is 24.1 Å². The highest BCUT2D eigenvalue weighted by Crippen LogP contribution is 2.41. The minimum Gasteiger partial charge on any atom is -0.497 e. The van der Waals surface area contributed by atoms with Gasteiger partial charge in [-0.1, -0.05) is 35.6 Å². The number of amides is 1. The van der Waals surface area contributed by atoms with Crippen LogP contribution in [0.4, 0.5) is 5.13 Å². The Morgan fingerprint density at radius 2 is 1.89 bits per heavy atom. The van der Waals surface area contributed by atoms with Crippen LogP contribution < -0.4 is 15.1 Å². The standard InChI is InChI=1S/C20H13N3O4S/c1-26-12-8-6-11(7-9-12)16-15-17(24)13-4-2-3-5-14(13)27-18(15)19(25)23(16)20-22-21-10-28-20/h2-10,16H,1H3. The Morgan fingerprint density at radius 3 is 2.61 bits per heavy atom. The van der Waals surface area contributed by atoms with Gasteiger partial charge in [0, 0.05) is 0 Å². The fourth-order valence-electron chi connectivity index (χ4n) is 3.49. The van der Waals surface area contributed by atoms with Crippen molar-refractivity contribution in [2.24, 2.45) is 0 Å². The molecule has 0 fully saturated rings. The predicted octanol–water partition coefficient (Wildman–Crippen LogP) is 3.40. The van der Waals surface area contributed by atoms with E-state index in [0.29, 0.717) is 27.4 Å². The van der Waals surface area contributed by atoms with Gasteiger partial charge < -0.3 is 9.15 Å². The molecule has 0 radical (unpaired) electrons. The minimum atomic E-state index is -0.651. The molecule has 28 heavy (non-hydrogen) atoms. The van der Waals surface area contributed by atoms with Crippen molar-refractivity contribution in [3.63, 3.8) is 0 Å². The van der Waals surface area contributed by atoms with Gasteiger partial charge in [-0.2, -0.15) is 0 Å². The molecule has 1 aliphatic rings. The van der Waals surface area contributed by atoms with Crippen LogP contribution in [0.1, 0.15) is 27.7 Å². The summed E-state index contributed by atoms with van der Waals surface area (Å²) in [4.78, 5) is 28.0. The fourth-order valence-corrected chi connectivity index (χ4v) is 4.08. The molecule has 0 N–H and O–H groups in total. The quantitative estimate of drug-likeness (QED) is 0.532. The molecule has 0 spiro atoms. The van der Waals surface area contributed by atoms with Crippen molar-refractivity contribution in [1.82, 2.24) is 10.2 Å². The summed E-state index contributed by atoms with van der Waals surface area (Å²) in [5, 5.41) is 8.73. The van der Waals surface area contributed by atoms with E-state index in [2.05, 4.69) is 10.2 Å². The topological polar surface area (TPSA) is 85.5 Å². The van der Waals surface area contributed by atoms with Crippen molar-refractivity contribution >= 4 is 33.3 Å². The molecule has 0 saturated carbocycles. The van der Waals surface area contributed by atoms with E-state index in [4.69, 9.17) is 9.15 Å². The van der Waals surface area contributed by atoms with E-state index in [-0.39, 0.29) is 11.2 Å². The van der Waals surface area contributed by atoms with Gasteiger partial charge in [0.25, 0.3) is 5.91 Å². The van der Waals surface area contributed by atoms with E-state index in [1.165, 1.54) is 16.2 Å². The Bertz CT molecular complexity index is 1250. The number of anilines is 1. The molecule has 138 valence electrons. The molecule has 1 atom stereocenters. The number of ether oxygens (including phenoxy) is 1. The number of carbonyl (C=O) groups is 1. The van der Waals surface area contributed by atoms with Gasteiger partial charge in [0.15, 0.2) is 5.43 Å². The first-order valence-corrected chi connectivity index (χ1v) is 9.36. The monoisotopic (exact) mass is 391 g/mol. The molecule has 1 amide bonds. The first-order valence-electron chi connectivity index (χ1n) is 8.48. The zero-order valence-electron chi connectivity index (χ0n) is 14.7. The van der Waals surface area contributed by atoms with E-state index in [1.54, 1.807) is 49.0 Å². The predicted molar refractivity (Wildman–Crippen MR) is 104 cm³/mol. The van der Waals surface area contributed by atoms with E-state index >= 15 is 0 Å². The molecule has 0 saturated heterocycles. The number of aromatic nitrogens is 2. The van der Waals surface area contributed by atoms with E-state index in [9.17, 15) is 9.59 Å². The minimum absolute atomic E-state index is 0.0414. The maximum absolute atomic E-state index is 13.3. The second kappa shape index (κ2) is 6.28. The molecule has 1 unspecified atom stereocenters. The summed E-state index contributed by atoms with van der Waals surface area (Å²) in [6.45, 7) is 0. The Balaban J connectivity index is 1.80. The third-order valence-electron chi connectivity index (χ3n) is 4.76. The largest absolute Gasteiger partial charge is 0.497 e. The second-order valence-electron chi connectivity index (χ2n) is 6.24. The molecule has 0 aliphatic carbocycles. The van der Waals surface area contributed by atoms with Crippen LogP contribution >= 0.6 is 11.3 Å². The molecule has 8 heteroatoms. The van der Waals surface area contributed by atoms with E-state index in [0.717, 1.165) is 5.56 Å². The van der Waals surface area contributed by atoms with Crippen LogP contribution in [0.2, 0.25) is 0 Å². The summed E-state index contributed by atoms with van der Waals surface area (Å²) in [6, 6.07) is 13.5. The van der Waals surface area contributed by atoms with Crippen LogP contribution in [0.25, 0.3) is 11.0 Å². The summed E-state index contributed by atoms with van der Waals surface area (Å²) in [5.41, 5.74) is 2.77. The molecule has 5 rings (SSSR count). The number of hydrogen-bond acceptors (Lipinski definition) is 7. The van der Waals surface area contributed by atoms with E-state index in [1.807, 2.05) is 12.1 Å². The van der Waals surface area contributed by atoms with Crippen LogP contribution in [0, 0.1) is 0 Å². The van der Waals surface area contributed by atoms with Gasteiger partial charge in [0.1, 0.15) is 16.8 Å². The van der Waals surface area contributed by atoms with Crippen molar-refractivity contribution in [1.29, 1.82) is 0 Å². The summed E-state index contributed by atoms with van der Waals surface area (Å²) in [6.07, 6.45) is 0. The van der Waals surface area contributed by atoms with Crippen molar-refractivity contribution in [3.8, 4) is 5.75 Å². The summed E-state index contributed by atoms with van der Waals surface area (Å²) in [5.74, 6) is 0.316. The number of nitrogens with zero attached hydrogens (tertiary/aromatic N) is 3. The Hall–Kier alpha value is -3.52. The van der Waals surface area contributed by atoms with Crippen LogP contribution in [-0.2, 0) is 0 Å². The van der Waals surface area contributed by atoms with Gasteiger partial charge in [0.2, 0.25) is 10.9 Å². The highest BCUT2D eigenvalue weighted by atomic mass is 32.1. The summed E-state index contributed by atoms with van der Waals surface area (Å²) in [7, 11) is 1.58. The van der Waals surface area contributed by atoms with Gasteiger partial charge in [-0.25, -0.2) is 0 Å². The molecule has 1 aliphatic heterocycles. The summed E-state index contributed by atoms with van der Waals surface area (Å²) < 4.78 is 11.1. The average Bonchev–Trinajstić information content (AvgIpc) is 3.35. The lowest BCUT2D eigenvalue weighted by atomic mass is 9.98.